The van der Waals surface area contributed by atoms with Crippen LogP contribution in [0.5, 0.6) is 5.75 Å². The minimum atomic E-state index is -3.77. The number of nitrogens with two attached hydrogens (primary N) is 1. The number of benzene rings is 1. The van der Waals surface area contributed by atoms with Crippen molar-refractivity contribution >= 4 is 21.8 Å². The zero-order valence-corrected chi connectivity index (χ0v) is 17.9. The Hall–Kier alpha value is -2.88. The Morgan fingerprint density at radius 3 is 2.67 bits per heavy atom. The summed E-state index contributed by atoms with van der Waals surface area (Å²) >= 11 is 0. The van der Waals surface area contributed by atoms with Gasteiger partial charge in [-0.2, -0.15) is 0 Å². The van der Waals surface area contributed by atoms with Crippen molar-refractivity contribution in [3.8, 4) is 5.75 Å². The number of aliphatic imine (C=N–C) groups is 1. The van der Waals surface area contributed by atoms with E-state index >= 15 is 0 Å². The van der Waals surface area contributed by atoms with Gasteiger partial charge in [0, 0.05) is 19.7 Å². The number of aromatic nitrogens is 1. The first kappa shape index (κ1) is 20.4. The van der Waals surface area contributed by atoms with Gasteiger partial charge in [0.15, 0.2) is 11.6 Å². The average molecular weight is 434 g/mol. The standard InChI is InChI=1S/C20H24FN5O3S/c1-4-14-18(21)15(29-3)10-17(23-14)26-11-16-20(12-26,13-8-6-5-7-9-13)24-19(22)25(2)30(16,27)28/h5-10,16H,4,11-12H2,1-3H3,(H2,22,24). The quantitative estimate of drug-likeness (QED) is 0.784. The van der Waals surface area contributed by atoms with Gasteiger partial charge in [-0.15, -0.1) is 0 Å². The Bertz CT molecular complexity index is 1080. The van der Waals surface area contributed by atoms with Gasteiger partial charge in [0.2, 0.25) is 16.0 Å². The zero-order valence-electron chi connectivity index (χ0n) is 17.0. The van der Waals surface area contributed by atoms with Crippen LogP contribution in [0, 0.1) is 5.82 Å². The van der Waals surface area contributed by atoms with E-state index in [0.29, 0.717) is 12.2 Å². The molecular weight excluding hydrogens is 409 g/mol. The van der Waals surface area contributed by atoms with E-state index in [4.69, 9.17) is 10.5 Å². The van der Waals surface area contributed by atoms with Gasteiger partial charge in [-0.3, -0.25) is 0 Å². The lowest BCUT2D eigenvalue weighted by Gasteiger charge is -2.38. The van der Waals surface area contributed by atoms with E-state index < -0.39 is 26.6 Å². The fraction of sp³-hybridized carbons (Fsp3) is 0.400. The minimum absolute atomic E-state index is 0.0594. The summed E-state index contributed by atoms with van der Waals surface area (Å²) in [5, 5.41) is -0.868. The molecule has 2 aromatic rings. The van der Waals surface area contributed by atoms with E-state index in [0.717, 1.165) is 9.87 Å². The number of rotatable bonds is 4. The van der Waals surface area contributed by atoms with Crippen molar-refractivity contribution in [1.82, 2.24) is 9.29 Å². The first-order valence-electron chi connectivity index (χ1n) is 9.61. The maximum Gasteiger partial charge on any atom is 0.244 e. The maximum absolute atomic E-state index is 14.5. The molecule has 1 saturated heterocycles. The van der Waals surface area contributed by atoms with E-state index in [-0.39, 0.29) is 30.5 Å². The van der Waals surface area contributed by atoms with Crippen molar-refractivity contribution in [1.29, 1.82) is 0 Å². The van der Waals surface area contributed by atoms with Crippen LogP contribution in [0.2, 0.25) is 0 Å². The largest absolute Gasteiger partial charge is 0.493 e. The van der Waals surface area contributed by atoms with Crippen molar-refractivity contribution in [2.75, 3.05) is 32.1 Å². The van der Waals surface area contributed by atoms with E-state index in [1.807, 2.05) is 35.2 Å². The molecule has 3 heterocycles. The molecule has 0 bridgehead atoms. The smallest absolute Gasteiger partial charge is 0.244 e. The fourth-order valence-corrected chi connectivity index (χ4v) is 5.99. The Morgan fingerprint density at radius 2 is 2.03 bits per heavy atom. The summed E-state index contributed by atoms with van der Waals surface area (Å²) in [5.41, 5.74) is 5.94. The number of guanidine groups is 1. The van der Waals surface area contributed by atoms with Gasteiger partial charge < -0.3 is 15.4 Å². The molecule has 1 aromatic heterocycles. The van der Waals surface area contributed by atoms with Crippen LogP contribution in [0.25, 0.3) is 0 Å². The molecule has 2 N–H and O–H groups in total. The number of nitrogens with zero attached hydrogens (tertiary/aromatic N) is 4. The Balaban J connectivity index is 1.88. The lowest BCUT2D eigenvalue weighted by atomic mass is 9.89. The molecule has 30 heavy (non-hydrogen) atoms. The summed E-state index contributed by atoms with van der Waals surface area (Å²) < 4.78 is 47.2. The maximum atomic E-state index is 14.5. The van der Waals surface area contributed by atoms with Gasteiger partial charge in [0.1, 0.15) is 16.6 Å². The highest BCUT2D eigenvalue weighted by atomic mass is 32.2. The second-order valence-corrected chi connectivity index (χ2v) is 9.59. The predicted molar refractivity (Wildman–Crippen MR) is 113 cm³/mol. The Kier molecular flexibility index (Phi) is 4.84. The molecule has 10 heteroatoms. The molecule has 1 fully saturated rings. The molecule has 0 amide bonds. The van der Waals surface area contributed by atoms with Gasteiger partial charge >= 0.3 is 0 Å². The molecular formula is C20H24FN5O3S. The van der Waals surface area contributed by atoms with Crippen LogP contribution in [0.1, 0.15) is 18.2 Å². The SMILES string of the molecule is CCc1nc(N2CC3C(c4ccccc4)(C2)N=C(N)N(C)S3(=O)=O)cc(OC)c1F. The predicted octanol–water partition coefficient (Wildman–Crippen LogP) is 1.47. The Morgan fingerprint density at radius 1 is 1.33 bits per heavy atom. The third kappa shape index (κ3) is 2.89. The fourth-order valence-electron chi connectivity index (χ4n) is 4.18. The number of aryl methyl sites for hydroxylation is 1. The first-order chi connectivity index (χ1) is 14.2. The topological polar surface area (TPSA) is 101 Å². The molecule has 2 unspecified atom stereocenters. The first-order valence-corrected chi connectivity index (χ1v) is 11.1. The van der Waals surface area contributed by atoms with Gasteiger partial charge in [0.05, 0.1) is 19.3 Å². The number of hydrogen-bond donors (Lipinski definition) is 1. The number of hydrogen-bond acceptors (Lipinski definition) is 7. The molecule has 0 aliphatic carbocycles. The van der Waals surface area contributed by atoms with Gasteiger partial charge in [-0.05, 0) is 12.0 Å². The lowest BCUT2D eigenvalue weighted by Crippen LogP contribution is -2.56. The number of anilines is 1. The van der Waals surface area contributed by atoms with E-state index in [2.05, 4.69) is 9.98 Å². The van der Waals surface area contributed by atoms with Crippen LogP contribution in [0.15, 0.2) is 41.4 Å². The van der Waals surface area contributed by atoms with E-state index in [1.165, 1.54) is 20.2 Å². The monoisotopic (exact) mass is 433 g/mol. The molecule has 0 spiro atoms. The van der Waals surface area contributed by atoms with Gasteiger partial charge in [0.25, 0.3) is 0 Å². The number of sulfonamides is 1. The summed E-state index contributed by atoms with van der Waals surface area (Å²) in [6.07, 6.45) is 0.378. The second kappa shape index (κ2) is 7.12. The van der Waals surface area contributed by atoms with Crippen LogP contribution in [0.3, 0.4) is 0 Å². The summed E-state index contributed by atoms with van der Waals surface area (Å²) in [6.45, 7) is 2.18. The summed E-state index contributed by atoms with van der Waals surface area (Å²) in [7, 11) is -0.979. The number of halogens is 1. The highest BCUT2D eigenvalue weighted by Crippen LogP contribution is 2.44. The van der Waals surface area contributed by atoms with E-state index in [9.17, 15) is 12.8 Å². The van der Waals surface area contributed by atoms with Crippen LogP contribution in [-0.4, -0.2) is 56.2 Å². The third-order valence-electron chi connectivity index (χ3n) is 5.86. The van der Waals surface area contributed by atoms with Crippen LogP contribution in [0.4, 0.5) is 10.2 Å². The van der Waals surface area contributed by atoms with Crippen LogP contribution >= 0.6 is 0 Å². The summed E-state index contributed by atoms with van der Waals surface area (Å²) in [4.78, 5) is 10.9. The zero-order chi connectivity index (χ0) is 21.7. The average Bonchev–Trinajstić information content (AvgIpc) is 3.15. The van der Waals surface area contributed by atoms with E-state index in [1.54, 1.807) is 6.92 Å². The Labute approximate surface area is 175 Å². The number of fused-ring (bicyclic) bond motifs is 1. The lowest BCUT2D eigenvalue weighted by molar-refractivity contribution is 0.382. The molecule has 8 nitrogen and oxygen atoms in total. The molecule has 2 aliphatic rings. The van der Waals surface area contributed by atoms with Crippen molar-refractivity contribution in [2.45, 2.75) is 24.1 Å². The van der Waals surface area contributed by atoms with Gasteiger partial charge in [-0.1, -0.05) is 37.3 Å². The van der Waals surface area contributed by atoms with Gasteiger partial charge in [-0.25, -0.2) is 27.1 Å². The second-order valence-electron chi connectivity index (χ2n) is 7.44. The highest BCUT2D eigenvalue weighted by Gasteiger charge is 2.58. The molecule has 2 aliphatic heterocycles. The van der Waals surface area contributed by atoms with Crippen LogP contribution in [-0.2, 0) is 22.0 Å². The molecule has 0 radical (unpaired) electrons. The number of methoxy groups -OCH3 is 1. The highest BCUT2D eigenvalue weighted by molar-refractivity contribution is 7.90. The molecule has 1 aromatic carbocycles. The van der Waals surface area contributed by atoms with Crippen LogP contribution < -0.4 is 15.4 Å². The third-order valence-corrected chi connectivity index (χ3v) is 8.07. The van der Waals surface area contributed by atoms with Crippen molar-refractivity contribution in [2.24, 2.45) is 10.7 Å². The molecule has 160 valence electrons. The summed E-state index contributed by atoms with van der Waals surface area (Å²) in [6, 6.07) is 10.7. The van der Waals surface area contributed by atoms with Crippen molar-refractivity contribution in [3.63, 3.8) is 0 Å². The number of ether oxygens (including phenoxy) is 1. The molecule has 4 rings (SSSR count). The molecule has 2 atom stereocenters. The number of pyridine rings is 1. The van der Waals surface area contributed by atoms with Crippen molar-refractivity contribution in [3.05, 3.63) is 53.5 Å². The summed E-state index contributed by atoms with van der Waals surface area (Å²) in [5.74, 6) is -0.0477. The normalized spacial score (nSPS) is 25.1. The minimum Gasteiger partial charge on any atom is -0.493 e. The molecule has 0 saturated carbocycles. The van der Waals surface area contributed by atoms with Crippen molar-refractivity contribution < 1.29 is 17.5 Å².